The largest absolute Gasteiger partial charge is 0.0616 e. The first-order valence-electron chi connectivity index (χ1n) is 20.8. The van der Waals surface area contributed by atoms with Crippen LogP contribution in [0.2, 0.25) is 0 Å². The summed E-state index contributed by atoms with van der Waals surface area (Å²) in [6, 6.07) is 76.9. The van der Waals surface area contributed by atoms with Crippen LogP contribution < -0.4 is 0 Å². The summed E-state index contributed by atoms with van der Waals surface area (Å²) in [5.74, 6) is 0. The van der Waals surface area contributed by atoms with Crippen LogP contribution in [0.5, 0.6) is 0 Å². The Morgan fingerprint density at radius 1 is 0.254 bits per heavy atom. The normalized spacial score (nSPS) is 13.1. The molecular weight excluding hydrogens is 709 g/mol. The van der Waals surface area contributed by atoms with Crippen molar-refractivity contribution in [3.8, 4) is 55.6 Å². The molecule has 0 unspecified atom stereocenters. The molecule has 0 N–H and O–H groups in total. The Morgan fingerprint density at radius 2 is 0.763 bits per heavy atom. The molecule has 276 valence electrons. The van der Waals surface area contributed by atoms with Crippen molar-refractivity contribution < 1.29 is 0 Å². The third-order valence-corrected chi connectivity index (χ3v) is 13.2. The van der Waals surface area contributed by atoms with Gasteiger partial charge in [0.1, 0.15) is 0 Å². The molecule has 1 aliphatic rings. The molecule has 0 nitrogen and oxygen atoms in total. The monoisotopic (exact) mass is 748 g/mol. The number of hydrogen-bond acceptors (Lipinski definition) is 0. The predicted molar refractivity (Wildman–Crippen MR) is 253 cm³/mol. The summed E-state index contributed by atoms with van der Waals surface area (Å²) < 4.78 is 0. The van der Waals surface area contributed by atoms with Gasteiger partial charge in [0.05, 0.1) is 0 Å². The van der Waals surface area contributed by atoms with Gasteiger partial charge in [0.2, 0.25) is 0 Å². The third kappa shape index (κ3) is 5.03. The smallest absolute Gasteiger partial charge is 0.0159 e. The van der Waals surface area contributed by atoms with E-state index < -0.39 is 0 Å². The van der Waals surface area contributed by atoms with Crippen LogP contribution in [-0.4, -0.2) is 0 Å². The summed E-state index contributed by atoms with van der Waals surface area (Å²) in [4.78, 5) is 0. The third-order valence-electron chi connectivity index (χ3n) is 13.2. The highest BCUT2D eigenvalue weighted by Gasteiger charge is 2.38. The van der Waals surface area contributed by atoms with E-state index in [4.69, 9.17) is 0 Å². The van der Waals surface area contributed by atoms with Crippen LogP contribution in [0, 0.1) is 0 Å². The molecule has 0 radical (unpaired) electrons. The Hall–Kier alpha value is -7.28. The van der Waals surface area contributed by atoms with Gasteiger partial charge in [0.15, 0.2) is 0 Å². The maximum absolute atomic E-state index is 2.43. The van der Waals surface area contributed by atoms with E-state index >= 15 is 0 Å². The summed E-state index contributed by atoms with van der Waals surface area (Å²) in [6.07, 6.45) is 0. The second kappa shape index (κ2) is 12.9. The van der Waals surface area contributed by atoms with Gasteiger partial charge in [-0.3, -0.25) is 0 Å². The van der Waals surface area contributed by atoms with Gasteiger partial charge >= 0.3 is 0 Å². The van der Waals surface area contributed by atoms with Gasteiger partial charge in [-0.25, -0.2) is 0 Å². The van der Waals surface area contributed by atoms with Crippen LogP contribution in [-0.2, 0) is 5.41 Å². The Balaban J connectivity index is 1.03. The molecule has 0 heterocycles. The van der Waals surface area contributed by atoms with E-state index in [0.717, 1.165) is 0 Å². The van der Waals surface area contributed by atoms with Crippen LogP contribution >= 0.6 is 0 Å². The lowest BCUT2D eigenvalue weighted by Gasteiger charge is -2.22. The molecule has 0 fully saturated rings. The highest BCUT2D eigenvalue weighted by molar-refractivity contribution is 6.22. The molecule has 0 heteroatoms. The standard InChI is InChI=1S/C59H40/c1-59(2)53-28-14-27-45(58(53)57-44-20-6-3-15-37(44)33-34-54(57)59)40-17-13-18-42(35-40)56-50-25-11-9-23-48(50)55(49-24-10-12-26-51(49)56)39-31-29-38(30-32-39)52-36-41-16-4-5-19-43(41)46-21-7-8-22-47(46)52/h3-36H,1-2H3. The molecule has 0 spiro atoms. The summed E-state index contributed by atoms with van der Waals surface area (Å²) >= 11 is 0. The maximum atomic E-state index is 2.43. The number of fused-ring (bicyclic) bond motifs is 10. The zero-order chi connectivity index (χ0) is 39.2. The van der Waals surface area contributed by atoms with Crippen molar-refractivity contribution in [3.05, 3.63) is 217 Å². The summed E-state index contributed by atoms with van der Waals surface area (Å²) in [7, 11) is 0. The number of benzene rings is 11. The first-order valence-corrected chi connectivity index (χ1v) is 20.8. The van der Waals surface area contributed by atoms with E-state index in [0.29, 0.717) is 0 Å². The molecule has 0 bridgehead atoms. The average Bonchev–Trinajstić information content (AvgIpc) is 3.54. The fourth-order valence-electron chi connectivity index (χ4n) is 10.5. The van der Waals surface area contributed by atoms with E-state index in [1.54, 1.807) is 0 Å². The Bertz CT molecular complexity index is 3450. The van der Waals surface area contributed by atoms with Gasteiger partial charge in [-0.1, -0.05) is 208 Å². The Labute approximate surface area is 344 Å². The lowest BCUT2D eigenvalue weighted by Crippen LogP contribution is -2.14. The van der Waals surface area contributed by atoms with Crippen molar-refractivity contribution in [2.24, 2.45) is 0 Å². The SMILES string of the molecule is CC1(C)c2cccc(-c3cccc(-c4c5ccccc5c(-c5ccc(-c6cc7ccccc7c7ccccc67)cc5)c5ccccc45)c3)c2-c2c1ccc1ccccc21. The van der Waals surface area contributed by atoms with Gasteiger partial charge in [-0.05, 0) is 133 Å². The van der Waals surface area contributed by atoms with Crippen molar-refractivity contribution in [1.82, 2.24) is 0 Å². The molecular formula is C59H40. The average molecular weight is 749 g/mol. The van der Waals surface area contributed by atoms with E-state index in [1.807, 2.05) is 0 Å². The first-order chi connectivity index (χ1) is 29.0. The molecule has 0 atom stereocenters. The highest BCUT2D eigenvalue weighted by atomic mass is 14.4. The van der Waals surface area contributed by atoms with Crippen molar-refractivity contribution >= 4 is 53.9 Å². The van der Waals surface area contributed by atoms with Crippen LogP contribution in [0.3, 0.4) is 0 Å². The Morgan fingerprint density at radius 3 is 1.46 bits per heavy atom. The Kier molecular flexibility index (Phi) is 7.38. The molecule has 0 aliphatic heterocycles. The molecule has 0 saturated carbocycles. The van der Waals surface area contributed by atoms with Crippen LogP contribution in [0.25, 0.3) is 109 Å². The van der Waals surface area contributed by atoms with E-state index in [2.05, 4.69) is 220 Å². The minimum Gasteiger partial charge on any atom is -0.0616 e. The minimum atomic E-state index is -0.0913. The lowest BCUT2D eigenvalue weighted by molar-refractivity contribution is 0.661. The van der Waals surface area contributed by atoms with Crippen LogP contribution in [0.15, 0.2) is 206 Å². The van der Waals surface area contributed by atoms with E-state index in [1.165, 1.54) is 121 Å². The molecule has 0 aromatic heterocycles. The van der Waals surface area contributed by atoms with E-state index in [9.17, 15) is 0 Å². The quantitative estimate of drug-likeness (QED) is 0.124. The molecule has 11 aromatic carbocycles. The molecule has 12 rings (SSSR count). The van der Waals surface area contributed by atoms with Gasteiger partial charge in [-0.15, -0.1) is 0 Å². The number of hydrogen-bond donors (Lipinski definition) is 0. The maximum Gasteiger partial charge on any atom is 0.0159 e. The van der Waals surface area contributed by atoms with Gasteiger partial charge < -0.3 is 0 Å². The molecule has 0 saturated heterocycles. The van der Waals surface area contributed by atoms with Crippen molar-refractivity contribution in [2.45, 2.75) is 19.3 Å². The first kappa shape index (κ1) is 33.8. The van der Waals surface area contributed by atoms with E-state index in [-0.39, 0.29) is 5.41 Å². The minimum absolute atomic E-state index is 0.0913. The van der Waals surface area contributed by atoms with Crippen molar-refractivity contribution in [2.75, 3.05) is 0 Å². The van der Waals surface area contributed by atoms with Gasteiger partial charge in [-0.2, -0.15) is 0 Å². The van der Waals surface area contributed by atoms with Crippen LogP contribution in [0.4, 0.5) is 0 Å². The molecule has 11 aromatic rings. The topological polar surface area (TPSA) is 0 Å². The fourth-order valence-corrected chi connectivity index (χ4v) is 10.5. The molecule has 0 amide bonds. The molecule has 59 heavy (non-hydrogen) atoms. The van der Waals surface area contributed by atoms with Gasteiger partial charge in [0.25, 0.3) is 0 Å². The highest BCUT2D eigenvalue weighted by Crippen LogP contribution is 2.55. The fraction of sp³-hybridized carbons (Fsp3) is 0.0508. The van der Waals surface area contributed by atoms with Crippen LogP contribution in [0.1, 0.15) is 25.0 Å². The zero-order valence-corrected chi connectivity index (χ0v) is 33.1. The second-order valence-electron chi connectivity index (χ2n) is 16.8. The second-order valence-corrected chi connectivity index (χ2v) is 16.8. The summed E-state index contributed by atoms with van der Waals surface area (Å²) in [6.45, 7) is 4.76. The van der Waals surface area contributed by atoms with Gasteiger partial charge in [0, 0.05) is 5.41 Å². The van der Waals surface area contributed by atoms with Crippen molar-refractivity contribution in [1.29, 1.82) is 0 Å². The summed E-state index contributed by atoms with van der Waals surface area (Å²) in [5.41, 5.74) is 15.5. The lowest BCUT2D eigenvalue weighted by atomic mass is 9.81. The zero-order valence-electron chi connectivity index (χ0n) is 33.1. The van der Waals surface area contributed by atoms with Crippen molar-refractivity contribution in [3.63, 3.8) is 0 Å². The predicted octanol–water partition coefficient (Wildman–Crippen LogP) is 16.4. The molecule has 1 aliphatic carbocycles. The number of rotatable bonds is 4. The summed E-state index contributed by atoms with van der Waals surface area (Å²) in [5, 5.41) is 12.8.